The molecule has 4 nitrogen and oxygen atoms in total. The van der Waals surface area contributed by atoms with Gasteiger partial charge in [-0.15, -0.1) is 0 Å². The molecule has 0 aromatic carbocycles. The third-order valence-corrected chi connectivity index (χ3v) is 6.82. The highest BCUT2D eigenvalue weighted by atomic mass is 32.2. The van der Waals surface area contributed by atoms with Gasteiger partial charge in [-0.3, -0.25) is 4.90 Å². The number of nitrogens with two attached hydrogens (primary N) is 1. The molecule has 4 aliphatic rings. The smallest absolute Gasteiger partial charge is 0.331 e. The van der Waals surface area contributed by atoms with Crippen molar-refractivity contribution in [2.75, 3.05) is 18.8 Å². The Labute approximate surface area is 124 Å². The van der Waals surface area contributed by atoms with Crippen LogP contribution in [-0.4, -0.2) is 52.6 Å². The number of ether oxygens (including phenoxy) is 1. The van der Waals surface area contributed by atoms with Gasteiger partial charge in [-0.1, -0.05) is 6.42 Å². The van der Waals surface area contributed by atoms with E-state index in [1.165, 1.54) is 31.4 Å². The number of esters is 1. The summed E-state index contributed by atoms with van der Waals surface area (Å²) in [4.78, 5) is 14.5. The van der Waals surface area contributed by atoms with Crippen LogP contribution in [0.1, 0.15) is 32.1 Å². The molecule has 1 aliphatic carbocycles. The molecule has 1 unspecified atom stereocenters. The van der Waals surface area contributed by atoms with Gasteiger partial charge in [0.05, 0.1) is 6.04 Å². The quantitative estimate of drug-likeness (QED) is 0.795. The van der Waals surface area contributed by atoms with Gasteiger partial charge in [0, 0.05) is 36.1 Å². The Morgan fingerprint density at radius 2 is 2.40 bits per heavy atom. The molecule has 1 saturated carbocycles. The summed E-state index contributed by atoms with van der Waals surface area (Å²) < 4.78 is 5.86. The predicted octanol–water partition coefficient (Wildman–Crippen LogP) is 1.30. The third kappa shape index (κ3) is 1.72. The minimum absolute atomic E-state index is 0.115. The Balaban J connectivity index is 1.68. The maximum Gasteiger partial charge on any atom is 0.331 e. The van der Waals surface area contributed by atoms with E-state index in [0.717, 1.165) is 25.1 Å². The highest BCUT2D eigenvalue weighted by Crippen LogP contribution is 2.55. The van der Waals surface area contributed by atoms with Gasteiger partial charge >= 0.3 is 5.97 Å². The van der Waals surface area contributed by atoms with E-state index >= 15 is 0 Å². The first-order valence-electron chi connectivity index (χ1n) is 7.76. The molecule has 0 aromatic rings. The summed E-state index contributed by atoms with van der Waals surface area (Å²) >= 11 is 1.98. The molecule has 1 spiro atoms. The van der Waals surface area contributed by atoms with E-state index < -0.39 is 0 Å². The second-order valence-electron chi connectivity index (χ2n) is 6.40. The summed E-state index contributed by atoms with van der Waals surface area (Å²) in [6.45, 7) is 1.90. The molecule has 20 heavy (non-hydrogen) atoms. The maximum absolute atomic E-state index is 11.8. The van der Waals surface area contributed by atoms with E-state index in [0.29, 0.717) is 17.3 Å². The molecule has 0 aromatic heterocycles. The van der Waals surface area contributed by atoms with Gasteiger partial charge in [-0.2, -0.15) is 11.8 Å². The van der Waals surface area contributed by atoms with Crippen molar-refractivity contribution in [3.05, 3.63) is 11.6 Å². The molecule has 0 radical (unpaired) electrons. The van der Waals surface area contributed by atoms with Crippen molar-refractivity contribution in [1.82, 2.24) is 4.90 Å². The van der Waals surface area contributed by atoms with E-state index in [1.54, 1.807) is 6.08 Å². The third-order valence-electron chi connectivity index (χ3n) is 5.44. The standard InChI is InChI=1S/C15H22N2O2S/c16-4-6-20-12-7-10-8-14(18)19-15(10)9-11(12)17-5-2-1-3-13(15)17/h8,11-13H,1-7,9,16H2/t11-,12?,13+,15-/m0/s1. The normalized spacial score (nSPS) is 43.0. The average Bonchev–Trinajstić information content (AvgIpc) is 2.93. The Morgan fingerprint density at radius 3 is 3.25 bits per heavy atom. The number of thioether (sulfide) groups is 1. The van der Waals surface area contributed by atoms with E-state index in [-0.39, 0.29) is 11.6 Å². The van der Waals surface area contributed by atoms with Crippen molar-refractivity contribution in [2.24, 2.45) is 5.73 Å². The molecule has 3 aliphatic heterocycles. The van der Waals surface area contributed by atoms with Crippen LogP contribution in [-0.2, 0) is 9.53 Å². The number of carbonyl (C=O) groups is 1. The molecular formula is C15H22N2O2S. The van der Waals surface area contributed by atoms with Gasteiger partial charge in [0.15, 0.2) is 5.60 Å². The minimum atomic E-state index is -0.262. The van der Waals surface area contributed by atoms with Gasteiger partial charge in [0.2, 0.25) is 0 Å². The lowest BCUT2D eigenvalue weighted by atomic mass is 9.77. The molecule has 3 heterocycles. The van der Waals surface area contributed by atoms with Crippen LogP contribution in [0.3, 0.4) is 0 Å². The number of rotatable bonds is 3. The Bertz CT molecular complexity index is 467. The largest absolute Gasteiger partial charge is 0.450 e. The Morgan fingerprint density at radius 1 is 1.50 bits per heavy atom. The zero-order valence-electron chi connectivity index (χ0n) is 11.7. The molecule has 2 bridgehead atoms. The lowest BCUT2D eigenvalue weighted by Gasteiger charge is -2.38. The second-order valence-corrected chi connectivity index (χ2v) is 7.75. The van der Waals surface area contributed by atoms with Crippen molar-refractivity contribution in [2.45, 2.75) is 55.0 Å². The topological polar surface area (TPSA) is 55.6 Å². The average molecular weight is 294 g/mol. The van der Waals surface area contributed by atoms with Crippen LogP contribution in [0.2, 0.25) is 0 Å². The highest BCUT2D eigenvalue weighted by Gasteiger charge is 2.63. The summed E-state index contributed by atoms with van der Waals surface area (Å²) in [6.07, 6.45) is 7.52. The molecule has 4 atom stereocenters. The van der Waals surface area contributed by atoms with Gasteiger partial charge in [-0.25, -0.2) is 4.79 Å². The molecule has 110 valence electrons. The van der Waals surface area contributed by atoms with E-state index in [1.807, 2.05) is 11.8 Å². The first-order valence-corrected chi connectivity index (χ1v) is 8.81. The number of hydrogen-bond acceptors (Lipinski definition) is 5. The molecule has 2 saturated heterocycles. The molecule has 5 heteroatoms. The van der Waals surface area contributed by atoms with Crippen LogP contribution in [0.25, 0.3) is 0 Å². The van der Waals surface area contributed by atoms with E-state index in [4.69, 9.17) is 10.5 Å². The first kappa shape index (κ1) is 13.2. The van der Waals surface area contributed by atoms with Crippen LogP contribution in [0.4, 0.5) is 0 Å². The summed E-state index contributed by atoms with van der Waals surface area (Å²) in [6, 6.07) is 1.00. The van der Waals surface area contributed by atoms with Gasteiger partial charge < -0.3 is 10.5 Å². The fraction of sp³-hybridized carbons (Fsp3) is 0.800. The highest BCUT2D eigenvalue weighted by molar-refractivity contribution is 8.00. The number of nitrogens with zero attached hydrogens (tertiary/aromatic N) is 1. The molecule has 3 fully saturated rings. The van der Waals surface area contributed by atoms with Crippen molar-refractivity contribution in [3.63, 3.8) is 0 Å². The first-order chi connectivity index (χ1) is 9.74. The van der Waals surface area contributed by atoms with Crippen molar-refractivity contribution < 1.29 is 9.53 Å². The monoisotopic (exact) mass is 294 g/mol. The Hall–Kier alpha value is -0.520. The van der Waals surface area contributed by atoms with Crippen LogP contribution in [0.5, 0.6) is 0 Å². The van der Waals surface area contributed by atoms with Crippen LogP contribution < -0.4 is 5.73 Å². The van der Waals surface area contributed by atoms with Gasteiger partial charge in [-0.05, 0) is 31.4 Å². The van der Waals surface area contributed by atoms with Crippen LogP contribution in [0, 0.1) is 0 Å². The van der Waals surface area contributed by atoms with Crippen LogP contribution >= 0.6 is 11.8 Å². The summed E-state index contributed by atoms with van der Waals surface area (Å²) in [5.74, 6) is 0.894. The summed E-state index contributed by atoms with van der Waals surface area (Å²) in [5.41, 5.74) is 6.68. The summed E-state index contributed by atoms with van der Waals surface area (Å²) in [5, 5.41) is 0.579. The number of fused-ring (bicyclic) bond motifs is 3. The second kappa shape index (κ2) is 4.75. The van der Waals surface area contributed by atoms with Crippen molar-refractivity contribution >= 4 is 17.7 Å². The predicted molar refractivity (Wildman–Crippen MR) is 79.6 cm³/mol. The van der Waals surface area contributed by atoms with Crippen molar-refractivity contribution in [1.29, 1.82) is 0 Å². The molecule has 4 rings (SSSR count). The molecular weight excluding hydrogens is 272 g/mol. The Kier molecular flexibility index (Phi) is 3.13. The molecule has 0 amide bonds. The fourth-order valence-electron chi connectivity index (χ4n) is 4.73. The maximum atomic E-state index is 11.8. The van der Waals surface area contributed by atoms with E-state index in [2.05, 4.69) is 4.90 Å². The lowest BCUT2D eigenvalue weighted by Crippen LogP contribution is -2.48. The molecule has 2 N–H and O–H groups in total. The summed E-state index contributed by atoms with van der Waals surface area (Å²) in [7, 11) is 0. The van der Waals surface area contributed by atoms with Gasteiger partial charge in [0.25, 0.3) is 0 Å². The van der Waals surface area contributed by atoms with Crippen molar-refractivity contribution in [3.8, 4) is 0 Å². The van der Waals surface area contributed by atoms with Crippen LogP contribution in [0.15, 0.2) is 11.6 Å². The lowest BCUT2D eigenvalue weighted by molar-refractivity contribution is -0.148. The minimum Gasteiger partial charge on any atom is -0.450 e. The zero-order valence-corrected chi connectivity index (χ0v) is 12.5. The number of carbonyl (C=O) groups excluding carboxylic acids is 1. The zero-order chi connectivity index (χ0) is 13.7. The van der Waals surface area contributed by atoms with E-state index in [9.17, 15) is 4.79 Å². The fourth-order valence-corrected chi connectivity index (χ4v) is 5.94. The SMILES string of the molecule is NCCSC1CC2=CC(=O)O[C@@]23C[C@@H]1N1CCCC[C@@H]13. The number of piperidine rings is 1. The van der Waals surface area contributed by atoms with Gasteiger partial charge in [0.1, 0.15) is 0 Å². The number of hydrogen-bond donors (Lipinski definition) is 1.